The lowest BCUT2D eigenvalue weighted by Crippen LogP contribution is -2.30. The fourth-order valence-electron chi connectivity index (χ4n) is 9.15. The predicted octanol–water partition coefficient (Wildman–Crippen LogP) is 19.2. The van der Waals surface area contributed by atoms with Gasteiger partial charge in [-0.1, -0.05) is 256 Å². The van der Waals surface area contributed by atoms with E-state index in [1.807, 2.05) is 0 Å². The zero-order valence-corrected chi connectivity index (χ0v) is 50.4. The number of carbonyl (C=O) groups is 3. The van der Waals surface area contributed by atoms with Crippen LogP contribution in [0, 0.1) is 0 Å². The first kappa shape index (κ1) is 73.7. The van der Waals surface area contributed by atoms with Crippen LogP contribution < -0.4 is 0 Å². The van der Waals surface area contributed by atoms with E-state index in [4.69, 9.17) is 23.3 Å². The van der Waals surface area contributed by atoms with Crippen LogP contribution in [-0.4, -0.2) is 66.5 Å². The molecule has 0 fully saturated rings. The lowest BCUT2D eigenvalue weighted by atomic mass is 10.0. The van der Waals surface area contributed by atoms with Crippen LogP contribution in [0.4, 0.5) is 0 Å². The third kappa shape index (κ3) is 56.4. The summed E-state index contributed by atoms with van der Waals surface area (Å²) >= 11 is 0. The Kier molecular flexibility index (Phi) is 57.1. The van der Waals surface area contributed by atoms with Crippen molar-refractivity contribution in [3.63, 3.8) is 0 Å². The van der Waals surface area contributed by atoms with Gasteiger partial charge < -0.3 is 24.2 Å². The number of unbranched alkanes of at least 4 members (excludes halogenated alkanes) is 37. The maximum Gasteiger partial charge on any atom is 0.472 e. The number of esters is 3. The van der Waals surface area contributed by atoms with Crippen molar-refractivity contribution >= 4 is 25.7 Å². The molecule has 446 valence electrons. The molecule has 3 atom stereocenters. The zero-order chi connectivity index (χ0) is 55.5. The number of phosphoric ester groups is 1. The van der Waals surface area contributed by atoms with Crippen molar-refractivity contribution in [2.75, 3.05) is 26.4 Å². The summed E-state index contributed by atoms with van der Waals surface area (Å²) in [5.74, 6) is -1.45. The van der Waals surface area contributed by atoms with E-state index in [-0.39, 0.29) is 25.9 Å². The molecule has 0 spiro atoms. The summed E-state index contributed by atoms with van der Waals surface area (Å²) in [4.78, 5) is 48.7. The molecule has 0 heterocycles. The smallest absolute Gasteiger partial charge is 0.462 e. The van der Waals surface area contributed by atoms with Gasteiger partial charge in [-0.15, -0.1) is 0 Å². The van der Waals surface area contributed by atoms with Crippen molar-refractivity contribution in [1.29, 1.82) is 0 Å². The van der Waals surface area contributed by atoms with Gasteiger partial charge in [-0.05, 0) is 77.0 Å². The standard InChI is InChI=1S/C64H119O11P/c1-4-7-10-13-16-19-22-25-28-29-30-31-34-35-38-41-44-47-50-53-62(66)71-57-61(75-64(68)55-52-49-46-43-40-37-33-27-24-21-18-15-12-9-6-3)59-73-76(69,70)72-58-60(56-65)74-63(67)54-51-48-45-42-39-36-32-26-23-20-17-14-11-8-5-2/h16,19,25,27-28,33,60-61,65H,4-15,17-18,20-24,26,29-32,34-59H2,1-3H3,(H,69,70)/b19-16-,28-25-,33-27-. The molecule has 11 nitrogen and oxygen atoms in total. The van der Waals surface area contributed by atoms with Gasteiger partial charge in [0.1, 0.15) is 12.7 Å². The molecule has 0 aromatic heterocycles. The van der Waals surface area contributed by atoms with Crippen LogP contribution in [0.25, 0.3) is 0 Å². The summed E-state index contributed by atoms with van der Waals surface area (Å²) in [6.45, 7) is 4.67. The third-order valence-electron chi connectivity index (χ3n) is 14.0. The van der Waals surface area contributed by atoms with E-state index in [0.29, 0.717) is 19.3 Å². The molecule has 0 saturated carbocycles. The minimum atomic E-state index is -4.75. The number of allylic oxidation sites excluding steroid dienone is 6. The lowest BCUT2D eigenvalue weighted by molar-refractivity contribution is -0.161. The highest BCUT2D eigenvalue weighted by molar-refractivity contribution is 7.47. The van der Waals surface area contributed by atoms with E-state index < -0.39 is 57.8 Å². The van der Waals surface area contributed by atoms with Crippen molar-refractivity contribution < 1.29 is 52.2 Å². The van der Waals surface area contributed by atoms with Gasteiger partial charge in [-0.3, -0.25) is 23.4 Å². The molecular formula is C64H119O11P. The minimum absolute atomic E-state index is 0.160. The zero-order valence-electron chi connectivity index (χ0n) is 49.5. The van der Waals surface area contributed by atoms with Crippen molar-refractivity contribution in [3.05, 3.63) is 36.5 Å². The van der Waals surface area contributed by atoms with Crippen LogP contribution in [0.5, 0.6) is 0 Å². The first-order valence-electron chi connectivity index (χ1n) is 31.9. The summed E-state index contributed by atoms with van der Waals surface area (Å²) in [7, 11) is -4.75. The quantitative estimate of drug-likeness (QED) is 0.0197. The molecule has 0 bridgehead atoms. The molecule has 2 N–H and O–H groups in total. The van der Waals surface area contributed by atoms with Gasteiger partial charge in [0.05, 0.1) is 19.8 Å². The predicted molar refractivity (Wildman–Crippen MR) is 316 cm³/mol. The van der Waals surface area contributed by atoms with E-state index in [2.05, 4.69) is 57.2 Å². The lowest BCUT2D eigenvalue weighted by Gasteiger charge is -2.21. The molecule has 0 saturated heterocycles. The Labute approximate surface area is 467 Å². The van der Waals surface area contributed by atoms with E-state index >= 15 is 0 Å². The van der Waals surface area contributed by atoms with Crippen LogP contribution in [0.15, 0.2) is 36.5 Å². The average molecular weight is 1100 g/mol. The number of aliphatic hydroxyl groups is 1. The van der Waals surface area contributed by atoms with Crippen molar-refractivity contribution in [1.82, 2.24) is 0 Å². The monoisotopic (exact) mass is 1090 g/mol. The van der Waals surface area contributed by atoms with Gasteiger partial charge in [-0.2, -0.15) is 0 Å². The van der Waals surface area contributed by atoms with E-state index in [1.54, 1.807) is 0 Å². The number of carbonyl (C=O) groups excluding carboxylic acids is 3. The van der Waals surface area contributed by atoms with Gasteiger partial charge in [0.25, 0.3) is 0 Å². The number of hydrogen-bond donors (Lipinski definition) is 2. The van der Waals surface area contributed by atoms with Crippen LogP contribution >= 0.6 is 7.82 Å². The highest BCUT2D eigenvalue weighted by Crippen LogP contribution is 2.43. The number of phosphoric acid groups is 1. The molecule has 0 aliphatic rings. The van der Waals surface area contributed by atoms with Crippen molar-refractivity contribution in [3.8, 4) is 0 Å². The summed E-state index contributed by atoms with van der Waals surface area (Å²) in [6, 6.07) is 0. The normalized spacial score (nSPS) is 13.5. The third-order valence-corrected chi connectivity index (χ3v) is 15.0. The van der Waals surface area contributed by atoms with Gasteiger partial charge in [0.2, 0.25) is 0 Å². The van der Waals surface area contributed by atoms with E-state index in [1.165, 1.54) is 167 Å². The fraction of sp³-hybridized carbons (Fsp3) is 0.859. The number of aliphatic hydroxyl groups excluding tert-OH is 1. The minimum Gasteiger partial charge on any atom is -0.462 e. The number of rotatable bonds is 60. The summed E-state index contributed by atoms with van der Waals surface area (Å²) in [5, 5.41) is 9.84. The second kappa shape index (κ2) is 58.8. The Hall–Kier alpha value is -2.30. The largest absolute Gasteiger partial charge is 0.472 e. The molecule has 0 aliphatic heterocycles. The topological polar surface area (TPSA) is 155 Å². The first-order chi connectivity index (χ1) is 37.2. The van der Waals surface area contributed by atoms with Gasteiger partial charge in [0, 0.05) is 19.3 Å². The second-order valence-corrected chi connectivity index (χ2v) is 23.0. The highest BCUT2D eigenvalue weighted by atomic mass is 31.2. The van der Waals surface area contributed by atoms with Gasteiger partial charge >= 0.3 is 25.7 Å². The molecule has 0 radical (unpaired) electrons. The Balaban J connectivity index is 4.67. The number of ether oxygens (including phenoxy) is 3. The van der Waals surface area contributed by atoms with Crippen LogP contribution in [0.1, 0.15) is 316 Å². The molecule has 76 heavy (non-hydrogen) atoms. The van der Waals surface area contributed by atoms with Gasteiger partial charge in [0.15, 0.2) is 6.10 Å². The molecule has 12 heteroatoms. The van der Waals surface area contributed by atoms with E-state index in [0.717, 1.165) is 89.9 Å². The Bertz CT molecular complexity index is 1420. The van der Waals surface area contributed by atoms with Crippen molar-refractivity contribution in [2.24, 2.45) is 0 Å². The summed E-state index contributed by atoms with van der Waals surface area (Å²) < 4.78 is 39.7. The Morgan fingerprint density at radius 3 is 1.01 bits per heavy atom. The van der Waals surface area contributed by atoms with Crippen molar-refractivity contribution in [2.45, 2.75) is 328 Å². The molecule has 0 aromatic carbocycles. The maximum atomic E-state index is 12.9. The molecule has 0 aliphatic carbocycles. The Morgan fingerprint density at radius 2 is 0.645 bits per heavy atom. The molecular weight excluding hydrogens is 976 g/mol. The van der Waals surface area contributed by atoms with Gasteiger partial charge in [-0.25, -0.2) is 4.57 Å². The Morgan fingerprint density at radius 1 is 0.368 bits per heavy atom. The van der Waals surface area contributed by atoms with Crippen LogP contribution in [-0.2, 0) is 42.2 Å². The second-order valence-electron chi connectivity index (χ2n) is 21.6. The number of hydrogen-bond acceptors (Lipinski definition) is 10. The molecule has 0 aromatic rings. The average Bonchev–Trinajstić information content (AvgIpc) is 3.41. The molecule has 3 unspecified atom stereocenters. The maximum absolute atomic E-state index is 12.9. The molecule has 0 rings (SSSR count). The highest BCUT2D eigenvalue weighted by Gasteiger charge is 2.28. The summed E-state index contributed by atoms with van der Waals surface area (Å²) in [6.07, 6.45) is 62.3. The van der Waals surface area contributed by atoms with Crippen LogP contribution in [0.3, 0.4) is 0 Å². The molecule has 0 amide bonds. The van der Waals surface area contributed by atoms with Crippen LogP contribution in [0.2, 0.25) is 0 Å². The van der Waals surface area contributed by atoms with E-state index in [9.17, 15) is 28.9 Å². The summed E-state index contributed by atoms with van der Waals surface area (Å²) in [5.41, 5.74) is 0. The fourth-order valence-corrected chi connectivity index (χ4v) is 9.93. The SMILES string of the molecule is CCCCC/C=C\C/C=C\CCCCCCCCCCCC(=O)OCC(COP(=O)(O)OCC(CO)OC(=O)CCCCCCCCCCCCCCCCC)OC(=O)CCCCCCC/C=C\CCCCCCCC. The first-order valence-corrected chi connectivity index (χ1v) is 33.4.